The van der Waals surface area contributed by atoms with Gasteiger partial charge in [-0.3, -0.25) is 9.79 Å². The topological polar surface area (TPSA) is 85.5 Å². The number of benzene rings is 3. The standard InChI is InChI=1S/C24H19ClF3N3O2/c1-14-6-11-19(21(32)12-14)31-23(33)16-9-7-15(8-10-16)20(13-22(29)24(26,27)28)30-18-5-3-2-4-17(18)25/h2-12,29,32H,13H2,1H3,(H,31,33). The molecule has 9 heteroatoms. The predicted molar refractivity (Wildman–Crippen MR) is 123 cm³/mol. The van der Waals surface area contributed by atoms with Crippen LogP contribution in [0.2, 0.25) is 5.02 Å². The van der Waals surface area contributed by atoms with E-state index < -0.39 is 24.2 Å². The lowest BCUT2D eigenvalue weighted by Crippen LogP contribution is -2.25. The number of anilines is 1. The Hall–Kier alpha value is -3.65. The largest absolute Gasteiger partial charge is 0.506 e. The van der Waals surface area contributed by atoms with Crippen molar-refractivity contribution < 1.29 is 23.1 Å². The van der Waals surface area contributed by atoms with Crippen LogP contribution in [0.5, 0.6) is 5.75 Å². The zero-order chi connectivity index (χ0) is 24.2. The van der Waals surface area contributed by atoms with Gasteiger partial charge in [-0.2, -0.15) is 13.2 Å². The minimum atomic E-state index is -4.79. The number of hydrogen-bond acceptors (Lipinski definition) is 4. The number of nitrogens with zero attached hydrogens (tertiary/aromatic N) is 1. The highest BCUT2D eigenvalue weighted by Crippen LogP contribution is 2.28. The van der Waals surface area contributed by atoms with Gasteiger partial charge >= 0.3 is 6.18 Å². The van der Waals surface area contributed by atoms with Crippen molar-refractivity contribution in [2.45, 2.75) is 19.5 Å². The summed E-state index contributed by atoms with van der Waals surface area (Å²) >= 11 is 6.09. The van der Waals surface area contributed by atoms with Crippen LogP contribution in [0.1, 0.15) is 27.9 Å². The number of aliphatic imine (C=N–C) groups is 1. The Morgan fingerprint density at radius 1 is 1.06 bits per heavy atom. The third-order valence-electron chi connectivity index (χ3n) is 4.68. The molecule has 0 saturated heterocycles. The molecule has 0 bridgehead atoms. The minimum absolute atomic E-state index is 0.0198. The van der Waals surface area contributed by atoms with Crippen molar-refractivity contribution in [1.82, 2.24) is 0 Å². The molecule has 33 heavy (non-hydrogen) atoms. The fourth-order valence-electron chi connectivity index (χ4n) is 2.92. The van der Waals surface area contributed by atoms with Crippen LogP contribution >= 0.6 is 11.6 Å². The molecule has 0 atom stereocenters. The second-order valence-corrected chi connectivity index (χ2v) is 7.62. The number of rotatable bonds is 6. The molecule has 3 N–H and O–H groups in total. The zero-order valence-corrected chi connectivity index (χ0v) is 18.1. The number of nitrogens with one attached hydrogen (secondary N) is 2. The first-order valence-electron chi connectivity index (χ1n) is 9.72. The number of alkyl halides is 3. The normalized spacial score (nSPS) is 11.8. The first kappa shape index (κ1) is 24.0. The SMILES string of the molecule is Cc1ccc(NC(=O)c2ccc(C(CC(=N)C(F)(F)F)=Nc3ccccc3Cl)cc2)c(O)c1. The van der Waals surface area contributed by atoms with Gasteiger partial charge in [0.05, 0.1) is 22.1 Å². The summed E-state index contributed by atoms with van der Waals surface area (Å²) in [5, 5.41) is 20.2. The molecule has 5 nitrogen and oxygen atoms in total. The Morgan fingerprint density at radius 3 is 2.30 bits per heavy atom. The predicted octanol–water partition coefficient (Wildman–Crippen LogP) is 6.70. The number of amides is 1. The number of aryl methyl sites for hydroxylation is 1. The number of para-hydroxylation sites is 1. The summed E-state index contributed by atoms with van der Waals surface area (Å²) in [6.07, 6.45) is -5.56. The molecule has 3 rings (SSSR count). The monoisotopic (exact) mass is 473 g/mol. The average molecular weight is 474 g/mol. The third-order valence-corrected chi connectivity index (χ3v) is 5.00. The van der Waals surface area contributed by atoms with Gasteiger partial charge in [0.2, 0.25) is 0 Å². The number of aromatic hydroxyl groups is 1. The van der Waals surface area contributed by atoms with Gasteiger partial charge in [0, 0.05) is 12.0 Å². The summed E-state index contributed by atoms with van der Waals surface area (Å²) in [5.41, 5.74) is 0.374. The van der Waals surface area contributed by atoms with Crippen molar-refractivity contribution in [2.75, 3.05) is 5.32 Å². The van der Waals surface area contributed by atoms with E-state index in [4.69, 9.17) is 17.0 Å². The van der Waals surface area contributed by atoms with Crippen LogP contribution in [0.3, 0.4) is 0 Å². The molecular formula is C24H19ClF3N3O2. The summed E-state index contributed by atoms with van der Waals surface area (Å²) < 4.78 is 39.0. The number of carbonyl (C=O) groups excluding carboxylic acids is 1. The van der Waals surface area contributed by atoms with E-state index in [0.29, 0.717) is 5.56 Å². The van der Waals surface area contributed by atoms with E-state index in [0.717, 1.165) is 5.56 Å². The van der Waals surface area contributed by atoms with Gasteiger partial charge < -0.3 is 15.8 Å². The second kappa shape index (κ2) is 9.87. The zero-order valence-electron chi connectivity index (χ0n) is 17.4. The molecular weight excluding hydrogens is 455 g/mol. The number of halogens is 4. The van der Waals surface area contributed by atoms with E-state index >= 15 is 0 Å². The molecule has 0 radical (unpaired) electrons. The molecule has 1 amide bonds. The molecule has 3 aromatic rings. The lowest BCUT2D eigenvalue weighted by Gasteiger charge is -2.12. The van der Waals surface area contributed by atoms with Crippen LogP contribution in [-0.2, 0) is 0 Å². The molecule has 0 spiro atoms. The molecule has 0 aliphatic heterocycles. The van der Waals surface area contributed by atoms with Gasteiger partial charge in [-0.05, 0) is 54.4 Å². The maximum Gasteiger partial charge on any atom is 0.429 e. The van der Waals surface area contributed by atoms with E-state index in [-0.39, 0.29) is 33.4 Å². The van der Waals surface area contributed by atoms with Gasteiger partial charge in [-0.1, -0.05) is 41.9 Å². The van der Waals surface area contributed by atoms with Crippen molar-refractivity contribution in [3.05, 3.63) is 88.4 Å². The Kier molecular flexibility index (Phi) is 7.18. The van der Waals surface area contributed by atoms with Gasteiger partial charge in [0.15, 0.2) is 0 Å². The van der Waals surface area contributed by atoms with E-state index in [2.05, 4.69) is 10.3 Å². The van der Waals surface area contributed by atoms with E-state index in [1.165, 1.54) is 30.3 Å². The first-order valence-corrected chi connectivity index (χ1v) is 10.1. The molecule has 0 aliphatic rings. The maximum absolute atomic E-state index is 13.0. The van der Waals surface area contributed by atoms with Crippen molar-refractivity contribution in [2.24, 2.45) is 4.99 Å². The Bertz CT molecular complexity index is 1220. The van der Waals surface area contributed by atoms with Crippen molar-refractivity contribution in [3.8, 4) is 5.75 Å². The number of hydrogen-bond donors (Lipinski definition) is 3. The molecule has 0 saturated carbocycles. The Morgan fingerprint density at radius 2 is 1.70 bits per heavy atom. The summed E-state index contributed by atoms with van der Waals surface area (Å²) in [6, 6.07) is 17.0. The summed E-state index contributed by atoms with van der Waals surface area (Å²) in [7, 11) is 0. The fraction of sp³-hybridized carbons (Fsp3) is 0.125. The van der Waals surface area contributed by atoms with Crippen LogP contribution in [0.25, 0.3) is 0 Å². The molecule has 170 valence electrons. The molecule has 0 aromatic heterocycles. The number of carbonyl (C=O) groups is 1. The Labute approximate surface area is 193 Å². The molecule has 0 fully saturated rings. The van der Waals surface area contributed by atoms with Crippen molar-refractivity contribution >= 4 is 40.3 Å². The highest BCUT2D eigenvalue weighted by atomic mass is 35.5. The van der Waals surface area contributed by atoms with Crippen LogP contribution in [0.4, 0.5) is 24.5 Å². The van der Waals surface area contributed by atoms with Crippen LogP contribution < -0.4 is 5.32 Å². The van der Waals surface area contributed by atoms with Crippen molar-refractivity contribution in [3.63, 3.8) is 0 Å². The molecule has 0 aliphatic carbocycles. The lowest BCUT2D eigenvalue weighted by atomic mass is 10.0. The lowest BCUT2D eigenvalue weighted by molar-refractivity contribution is -0.0605. The summed E-state index contributed by atoms with van der Waals surface area (Å²) in [4.78, 5) is 16.8. The summed E-state index contributed by atoms with van der Waals surface area (Å²) in [5.74, 6) is -0.590. The van der Waals surface area contributed by atoms with E-state index in [1.807, 2.05) is 0 Å². The molecule has 0 unspecified atom stereocenters. The third kappa shape index (κ3) is 6.20. The fourth-order valence-corrected chi connectivity index (χ4v) is 3.10. The van der Waals surface area contributed by atoms with Crippen LogP contribution in [-0.4, -0.2) is 28.6 Å². The first-order chi connectivity index (χ1) is 15.5. The van der Waals surface area contributed by atoms with Crippen molar-refractivity contribution in [1.29, 1.82) is 5.41 Å². The van der Waals surface area contributed by atoms with E-state index in [1.54, 1.807) is 43.3 Å². The maximum atomic E-state index is 13.0. The van der Waals surface area contributed by atoms with Gasteiger partial charge in [-0.25, -0.2) is 0 Å². The second-order valence-electron chi connectivity index (χ2n) is 7.22. The smallest absolute Gasteiger partial charge is 0.429 e. The minimum Gasteiger partial charge on any atom is -0.506 e. The number of phenolic OH excluding ortho intramolecular Hbond substituents is 1. The average Bonchev–Trinajstić information content (AvgIpc) is 2.76. The van der Waals surface area contributed by atoms with Crippen LogP contribution in [0, 0.1) is 12.3 Å². The summed E-state index contributed by atoms with van der Waals surface area (Å²) in [6.45, 7) is 1.80. The van der Waals surface area contributed by atoms with E-state index in [9.17, 15) is 23.1 Å². The van der Waals surface area contributed by atoms with Crippen LogP contribution in [0.15, 0.2) is 71.7 Å². The van der Waals surface area contributed by atoms with Gasteiger partial charge in [-0.15, -0.1) is 0 Å². The highest BCUT2D eigenvalue weighted by Gasteiger charge is 2.35. The molecule has 0 heterocycles. The van der Waals surface area contributed by atoms with Gasteiger partial charge in [0.1, 0.15) is 11.5 Å². The van der Waals surface area contributed by atoms with Gasteiger partial charge in [0.25, 0.3) is 5.91 Å². The molecule has 3 aromatic carbocycles. The highest BCUT2D eigenvalue weighted by molar-refractivity contribution is 6.33. The number of phenols is 1. The quantitative estimate of drug-likeness (QED) is 0.275. The Balaban J connectivity index is 1.89.